The molecule has 3 fully saturated rings. The van der Waals surface area contributed by atoms with Crippen LogP contribution in [0.25, 0.3) is 10.9 Å². The number of benzene rings is 1. The highest BCUT2D eigenvalue weighted by Crippen LogP contribution is 2.29. The normalized spacial score (nSPS) is 21.1. The van der Waals surface area contributed by atoms with Gasteiger partial charge in [-0.2, -0.15) is 5.10 Å². The lowest BCUT2D eigenvalue weighted by Crippen LogP contribution is -2.59. The Hall–Kier alpha value is -3.70. The number of carbonyl (C=O) groups excluding carboxylic acids is 2. The first-order chi connectivity index (χ1) is 22.8. The van der Waals surface area contributed by atoms with E-state index in [-0.39, 0.29) is 23.4 Å². The van der Waals surface area contributed by atoms with Gasteiger partial charge in [0.05, 0.1) is 11.7 Å². The van der Waals surface area contributed by atoms with Crippen molar-refractivity contribution in [3.63, 3.8) is 0 Å². The molecular weight excluding hydrogens is 592 g/mol. The fourth-order valence-corrected chi connectivity index (χ4v) is 8.38. The minimum absolute atomic E-state index is 0.0122. The van der Waals surface area contributed by atoms with E-state index >= 15 is 0 Å². The van der Waals surface area contributed by atoms with Crippen LogP contribution in [0.3, 0.4) is 0 Å². The largest absolute Gasteiger partial charge is 0.338 e. The number of nitrogens with one attached hydrogen (secondary N) is 3. The molecule has 1 aliphatic carbocycles. The van der Waals surface area contributed by atoms with E-state index in [2.05, 4.69) is 55.5 Å². The van der Waals surface area contributed by atoms with Crippen molar-refractivity contribution in [2.75, 3.05) is 59.4 Å². The van der Waals surface area contributed by atoms with E-state index in [9.17, 15) is 14.4 Å². The molecule has 3 N–H and O–H groups in total. The number of amides is 3. The Kier molecular flexibility index (Phi) is 9.36. The van der Waals surface area contributed by atoms with Crippen LogP contribution in [0.1, 0.15) is 72.4 Å². The molecule has 3 aromatic rings. The highest BCUT2D eigenvalue weighted by Gasteiger charge is 2.34. The maximum Gasteiger partial charge on any atom is 0.318 e. The van der Waals surface area contributed by atoms with E-state index in [1.807, 2.05) is 16.7 Å². The number of pyridine rings is 1. The second-order valence-corrected chi connectivity index (χ2v) is 14.4. The molecule has 3 saturated heterocycles. The third-order valence-corrected chi connectivity index (χ3v) is 11.3. The number of carbonyl (C=O) groups is 2. The maximum absolute atomic E-state index is 14.1. The molecule has 4 aliphatic rings. The summed E-state index contributed by atoms with van der Waals surface area (Å²) in [4.78, 5) is 52.7. The van der Waals surface area contributed by atoms with Gasteiger partial charge in [0.2, 0.25) is 5.91 Å². The molecule has 0 bridgehead atoms. The number of fused-ring (bicyclic) bond motifs is 2. The number of aryl methyl sites for hydroxylation is 3. The van der Waals surface area contributed by atoms with Crippen LogP contribution < -0.4 is 10.9 Å². The second kappa shape index (κ2) is 13.8. The van der Waals surface area contributed by atoms with Crippen molar-refractivity contribution in [1.29, 1.82) is 0 Å². The third-order valence-electron chi connectivity index (χ3n) is 11.3. The number of likely N-dealkylation sites (tertiary alicyclic amines) is 2. The van der Waals surface area contributed by atoms with Gasteiger partial charge in [-0.25, -0.2) is 4.79 Å². The molecule has 252 valence electrons. The van der Waals surface area contributed by atoms with Crippen molar-refractivity contribution < 1.29 is 9.59 Å². The van der Waals surface area contributed by atoms with Crippen LogP contribution in [0.5, 0.6) is 0 Å². The zero-order chi connectivity index (χ0) is 32.5. The quantitative estimate of drug-likeness (QED) is 0.380. The zero-order valence-corrected chi connectivity index (χ0v) is 28.0. The summed E-state index contributed by atoms with van der Waals surface area (Å²) in [6, 6.07) is 6.01. The first-order valence-corrected chi connectivity index (χ1v) is 17.8. The van der Waals surface area contributed by atoms with Gasteiger partial charge < -0.3 is 25.0 Å². The molecule has 3 amide bonds. The molecule has 47 heavy (non-hydrogen) atoms. The smallest absolute Gasteiger partial charge is 0.318 e. The summed E-state index contributed by atoms with van der Waals surface area (Å²) in [5.41, 5.74) is 6.34. The highest BCUT2D eigenvalue weighted by molar-refractivity contribution is 5.88. The number of hydrogen-bond acceptors (Lipinski definition) is 6. The number of piperidine rings is 2. The Labute approximate surface area is 277 Å². The average Bonchev–Trinajstić information content (AvgIpc) is 3.57. The maximum atomic E-state index is 14.1. The van der Waals surface area contributed by atoms with E-state index in [1.54, 1.807) is 6.20 Å². The number of urea groups is 1. The van der Waals surface area contributed by atoms with Crippen molar-refractivity contribution in [1.82, 2.24) is 40.1 Å². The Morgan fingerprint density at radius 2 is 1.68 bits per heavy atom. The average molecular weight is 643 g/mol. The molecule has 3 aliphatic heterocycles. The molecule has 2 aromatic heterocycles. The van der Waals surface area contributed by atoms with Crippen LogP contribution in [0.15, 0.2) is 29.2 Å². The van der Waals surface area contributed by atoms with Crippen molar-refractivity contribution in [2.24, 2.45) is 0 Å². The third kappa shape index (κ3) is 6.97. The van der Waals surface area contributed by atoms with Gasteiger partial charge in [-0.3, -0.25) is 19.6 Å². The molecule has 7 rings (SSSR count). The SMILES string of the molecule is Cc1cc(C[C@@H](NC(=O)N2CCC(c3cc4c([nH]c3=O)CCCC4)CC2)C(=O)N2CCN(C3CCN(C)CC3)CC2)cc2cn[nH]c12. The van der Waals surface area contributed by atoms with Crippen molar-refractivity contribution in [3.8, 4) is 0 Å². The first kappa shape index (κ1) is 31.9. The summed E-state index contributed by atoms with van der Waals surface area (Å²) >= 11 is 0. The van der Waals surface area contributed by atoms with E-state index in [0.717, 1.165) is 91.6 Å². The number of piperazine rings is 1. The molecular formula is C36H50N8O3. The minimum atomic E-state index is -0.664. The summed E-state index contributed by atoms with van der Waals surface area (Å²) in [7, 11) is 2.19. The summed E-state index contributed by atoms with van der Waals surface area (Å²) in [5, 5.41) is 11.4. The summed E-state index contributed by atoms with van der Waals surface area (Å²) < 4.78 is 0. The van der Waals surface area contributed by atoms with Crippen molar-refractivity contribution in [2.45, 2.75) is 82.7 Å². The number of hydrogen-bond donors (Lipinski definition) is 3. The lowest BCUT2D eigenvalue weighted by atomic mass is 9.87. The Balaban J connectivity index is 1.02. The molecule has 11 nitrogen and oxygen atoms in total. The molecule has 0 radical (unpaired) electrons. The van der Waals surface area contributed by atoms with Gasteiger partial charge in [0.15, 0.2) is 0 Å². The predicted molar refractivity (Wildman–Crippen MR) is 183 cm³/mol. The van der Waals surface area contributed by atoms with E-state index in [4.69, 9.17) is 0 Å². The molecule has 0 unspecified atom stereocenters. The fraction of sp³-hybridized carbons (Fsp3) is 0.611. The van der Waals surface area contributed by atoms with Gasteiger partial charge in [-0.1, -0.05) is 6.07 Å². The van der Waals surface area contributed by atoms with Gasteiger partial charge in [0, 0.05) is 68.4 Å². The van der Waals surface area contributed by atoms with Crippen LogP contribution in [0, 0.1) is 6.92 Å². The Morgan fingerprint density at radius 1 is 0.936 bits per heavy atom. The van der Waals surface area contributed by atoms with Crippen LogP contribution in [-0.2, 0) is 24.1 Å². The lowest BCUT2D eigenvalue weighted by molar-refractivity contribution is -0.135. The van der Waals surface area contributed by atoms with Gasteiger partial charge in [-0.15, -0.1) is 0 Å². The summed E-state index contributed by atoms with van der Waals surface area (Å²) in [5.74, 6) is 0.125. The van der Waals surface area contributed by atoms with Crippen LogP contribution in [-0.4, -0.2) is 118 Å². The topological polar surface area (TPSA) is 121 Å². The van der Waals surface area contributed by atoms with Crippen molar-refractivity contribution >= 4 is 22.8 Å². The van der Waals surface area contributed by atoms with Gasteiger partial charge in [0.1, 0.15) is 6.04 Å². The van der Waals surface area contributed by atoms with Crippen LogP contribution >= 0.6 is 0 Å². The fourth-order valence-electron chi connectivity index (χ4n) is 8.38. The lowest BCUT2D eigenvalue weighted by Gasteiger charge is -2.43. The predicted octanol–water partition coefficient (Wildman–Crippen LogP) is 3.18. The van der Waals surface area contributed by atoms with Gasteiger partial charge in [0.25, 0.3) is 5.56 Å². The van der Waals surface area contributed by atoms with Crippen LogP contribution in [0.4, 0.5) is 4.79 Å². The highest BCUT2D eigenvalue weighted by atomic mass is 16.2. The molecule has 0 spiro atoms. The standard InChI is InChI=1S/C36H50N8O3/c1-24-19-25(20-28-23-37-40-33(24)28)21-32(35(46)43-17-15-42(16-18-43)29-9-11-41(2)12-10-29)39-36(47)44-13-7-26(8-14-44)30-22-27-5-3-4-6-31(27)38-34(30)45/h19-20,22-23,26,29,32H,3-18,21H2,1-2H3,(H,37,40)(H,38,45)(H,39,47)/t32-/m1/s1. The van der Waals surface area contributed by atoms with E-state index < -0.39 is 6.04 Å². The Bertz CT molecular complexity index is 1640. The first-order valence-electron chi connectivity index (χ1n) is 17.8. The molecule has 1 atom stereocenters. The second-order valence-electron chi connectivity index (χ2n) is 14.4. The monoisotopic (exact) mass is 642 g/mol. The zero-order valence-electron chi connectivity index (χ0n) is 28.0. The van der Waals surface area contributed by atoms with E-state index in [0.29, 0.717) is 38.6 Å². The molecule has 5 heterocycles. The molecule has 0 saturated carbocycles. The minimum Gasteiger partial charge on any atom is -0.338 e. The number of nitrogens with zero attached hydrogens (tertiary/aromatic N) is 5. The van der Waals surface area contributed by atoms with Crippen LogP contribution in [0.2, 0.25) is 0 Å². The number of H-pyrrole nitrogens is 2. The van der Waals surface area contributed by atoms with Gasteiger partial charge >= 0.3 is 6.03 Å². The van der Waals surface area contributed by atoms with E-state index in [1.165, 1.54) is 24.8 Å². The number of rotatable bonds is 6. The number of aromatic nitrogens is 3. The Morgan fingerprint density at radius 3 is 2.45 bits per heavy atom. The molecule has 11 heteroatoms. The van der Waals surface area contributed by atoms with Gasteiger partial charge in [-0.05, 0) is 113 Å². The molecule has 1 aromatic carbocycles. The summed E-state index contributed by atoms with van der Waals surface area (Å²) in [6.07, 6.45) is 10.3. The number of aromatic amines is 2. The van der Waals surface area contributed by atoms with Crippen molar-refractivity contribution in [3.05, 3.63) is 62.7 Å². The summed E-state index contributed by atoms with van der Waals surface area (Å²) in [6.45, 7) is 8.51.